The van der Waals surface area contributed by atoms with Crippen molar-refractivity contribution < 1.29 is 13.6 Å². The van der Waals surface area contributed by atoms with Crippen LogP contribution in [-0.2, 0) is 6.54 Å². The Morgan fingerprint density at radius 1 is 1.24 bits per heavy atom. The van der Waals surface area contributed by atoms with Crippen molar-refractivity contribution in [1.82, 2.24) is 20.2 Å². The van der Waals surface area contributed by atoms with Gasteiger partial charge in [0.15, 0.2) is 5.82 Å². The molecule has 0 radical (unpaired) electrons. The molecule has 1 fully saturated rings. The number of rotatable bonds is 8. The standard InChI is InChI=1S/C24H30F2N6O/c1-5-31(4)12-11-27-23-29-20(19(14(2)3)15-9-10-15)16-13-28-24(33)32(22(16)30-23)21-17(25)7-6-8-18(21)26/h6-8,15H,5,9-13H2,1-4H3,(H,28,33)(H,27,29,30). The lowest BCUT2D eigenvalue weighted by atomic mass is 9.97. The summed E-state index contributed by atoms with van der Waals surface area (Å²) in [4.78, 5) is 25.4. The van der Waals surface area contributed by atoms with E-state index in [0.717, 1.165) is 59.8 Å². The molecule has 2 aromatic rings. The predicted molar refractivity (Wildman–Crippen MR) is 125 cm³/mol. The maximum absolute atomic E-state index is 14.7. The predicted octanol–water partition coefficient (Wildman–Crippen LogP) is 4.68. The number of benzene rings is 1. The number of nitrogens with one attached hydrogen (secondary N) is 2. The number of fused-ring (bicyclic) bond motifs is 1. The molecule has 1 aromatic heterocycles. The molecule has 2 amide bonds. The topological polar surface area (TPSA) is 73.4 Å². The highest BCUT2D eigenvalue weighted by Crippen LogP contribution is 2.46. The SMILES string of the molecule is CCN(C)CCNc1nc(C(=C(C)C)C2CC2)c2c(n1)N(c1c(F)cccc1F)C(=O)NC2. The van der Waals surface area contributed by atoms with E-state index in [-0.39, 0.29) is 12.4 Å². The zero-order valence-corrected chi connectivity index (χ0v) is 19.5. The molecule has 0 bridgehead atoms. The second-order valence-electron chi connectivity index (χ2n) is 8.77. The van der Waals surface area contributed by atoms with Crippen LogP contribution in [-0.4, -0.2) is 47.6 Å². The molecule has 1 aromatic carbocycles. The fourth-order valence-electron chi connectivity index (χ4n) is 4.10. The average molecular weight is 457 g/mol. The Morgan fingerprint density at radius 3 is 2.55 bits per heavy atom. The van der Waals surface area contributed by atoms with Crippen molar-refractivity contribution in [3.8, 4) is 0 Å². The summed E-state index contributed by atoms with van der Waals surface area (Å²) in [6, 6.07) is 2.91. The number of nitrogens with zero attached hydrogens (tertiary/aromatic N) is 4. The molecule has 9 heteroatoms. The molecule has 7 nitrogen and oxygen atoms in total. The second-order valence-corrected chi connectivity index (χ2v) is 8.77. The summed E-state index contributed by atoms with van der Waals surface area (Å²) in [6.07, 6.45) is 2.14. The summed E-state index contributed by atoms with van der Waals surface area (Å²) < 4.78 is 29.4. The van der Waals surface area contributed by atoms with Crippen molar-refractivity contribution in [2.75, 3.05) is 36.9 Å². The van der Waals surface area contributed by atoms with E-state index in [4.69, 9.17) is 4.98 Å². The number of carbonyl (C=O) groups is 1. The van der Waals surface area contributed by atoms with E-state index in [1.165, 1.54) is 6.07 Å². The zero-order valence-electron chi connectivity index (χ0n) is 19.5. The maximum Gasteiger partial charge on any atom is 0.328 e. The number of carbonyl (C=O) groups excluding carboxylic acids is 1. The number of aromatic nitrogens is 2. The highest BCUT2D eigenvalue weighted by molar-refractivity contribution is 6.02. The molecular formula is C24H30F2N6O. The number of anilines is 3. The first kappa shape index (κ1) is 23.1. The number of likely N-dealkylation sites (N-methyl/N-ethyl adjacent to an activating group) is 1. The maximum atomic E-state index is 14.7. The number of hydrogen-bond acceptors (Lipinski definition) is 5. The molecule has 2 heterocycles. The van der Waals surface area contributed by atoms with Crippen LogP contribution in [0.1, 0.15) is 44.9 Å². The molecule has 1 aliphatic carbocycles. The lowest BCUT2D eigenvalue weighted by molar-refractivity contribution is 0.246. The first-order valence-corrected chi connectivity index (χ1v) is 11.3. The van der Waals surface area contributed by atoms with Crippen molar-refractivity contribution in [3.63, 3.8) is 0 Å². The van der Waals surface area contributed by atoms with Gasteiger partial charge in [-0.25, -0.2) is 23.5 Å². The Kier molecular flexibility index (Phi) is 6.60. The summed E-state index contributed by atoms with van der Waals surface area (Å²) in [7, 11) is 2.02. The van der Waals surface area contributed by atoms with E-state index >= 15 is 0 Å². The Hall–Kier alpha value is -3.07. The average Bonchev–Trinajstić information content (AvgIpc) is 3.59. The van der Waals surface area contributed by atoms with Gasteiger partial charge in [-0.15, -0.1) is 0 Å². The second kappa shape index (κ2) is 9.43. The van der Waals surface area contributed by atoms with Gasteiger partial charge in [-0.3, -0.25) is 0 Å². The highest BCUT2D eigenvalue weighted by Gasteiger charge is 2.37. The fourth-order valence-corrected chi connectivity index (χ4v) is 4.10. The van der Waals surface area contributed by atoms with Crippen LogP contribution >= 0.6 is 0 Å². The van der Waals surface area contributed by atoms with Gasteiger partial charge in [0.25, 0.3) is 0 Å². The molecule has 33 heavy (non-hydrogen) atoms. The van der Waals surface area contributed by atoms with Crippen molar-refractivity contribution in [3.05, 3.63) is 46.7 Å². The highest BCUT2D eigenvalue weighted by atomic mass is 19.1. The number of allylic oxidation sites excluding steroid dienone is 2. The van der Waals surface area contributed by atoms with E-state index in [0.29, 0.717) is 24.0 Å². The van der Waals surface area contributed by atoms with Crippen molar-refractivity contribution in [1.29, 1.82) is 0 Å². The largest absolute Gasteiger partial charge is 0.353 e. The third-order valence-electron chi connectivity index (χ3n) is 6.07. The molecular weight excluding hydrogens is 426 g/mol. The normalized spacial score (nSPS) is 15.4. The minimum absolute atomic E-state index is 0.193. The number of amides is 2. The zero-order chi connectivity index (χ0) is 23.7. The molecule has 4 rings (SSSR count). The van der Waals surface area contributed by atoms with Gasteiger partial charge in [0.2, 0.25) is 5.95 Å². The molecule has 176 valence electrons. The lowest BCUT2D eigenvalue weighted by Gasteiger charge is -2.31. The van der Waals surface area contributed by atoms with Crippen LogP contribution in [0.2, 0.25) is 0 Å². The minimum Gasteiger partial charge on any atom is -0.353 e. The van der Waals surface area contributed by atoms with E-state index in [1.54, 1.807) is 0 Å². The summed E-state index contributed by atoms with van der Waals surface area (Å²) in [6.45, 7) is 8.62. The molecule has 0 spiro atoms. The first-order chi connectivity index (χ1) is 15.8. The number of urea groups is 1. The van der Waals surface area contributed by atoms with Gasteiger partial charge in [0.1, 0.15) is 17.3 Å². The van der Waals surface area contributed by atoms with Gasteiger partial charge in [0.05, 0.1) is 12.2 Å². The quantitative estimate of drug-likeness (QED) is 0.603. The number of halogens is 2. The molecule has 2 N–H and O–H groups in total. The van der Waals surface area contributed by atoms with Crippen molar-refractivity contribution in [2.24, 2.45) is 5.92 Å². The summed E-state index contributed by atoms with van der Waals surface area (Å²) in [5, 5.41) is 5.98. The van der Waals surface area contributed by atoms with E-state index in [1.807, 2.05) is 20.9 Å². The fraction of sp³-hybridized carbons (Fsp3) is 0.458. The van der Waals surface area contributed by atoms with Gasteiger partial charge >= 0.3 is 6.03 Å². The molecule has 0 atom stereocenters. The third-order valence-corrected chi connectivity index (χ3v) is 6.07. The summed E-state index contributed by atoms with van der Waals surface area (Å²) in [5.41, 5.74) is 3.21. The monoisotopic (exact) mass is 456 g/mol. The van der Waals surface area contributed by atoms with Gasteiger partial charge in [-0.1, -0.05) is 18.6 Å². The molecule has 1 saturated carbocycles. The molecule has 0 unspecified atom stereocenters. The van der Waals surface area contributed by atoms with Gasteiger partial charge < -0.3 is 15.5 Å². The number of hydrogen-bond donors (Lipinski definition) is 2. The lowest BCUT2D eigenvalue weighted by Crippen LogP contribution is -2.43. The first-order valence-electron chi connectivity index (χ1n) is 11.3. The van der Waals surface area contributed by atoms with Gasteiger partial charge in [0, 0.05) is 18.7 Å². The van der Waals surface area contributed by atoms with Crippen LogP contribution in [0.3, 0.4) is 0 Å². The Balaban J connectivity index is 1.86. The van der Waals surface area contributed by atoms with Crippen LogP contribution in [0, 0.1) is 17.6 Å². The van der Waals surface area contributed by atoms with E-state index in [2.05, 4.69) is 27.4 Å². The van der Waals surface area contributed by atoms with Gasteiger partial charge in [-0.2, -0.15) is 4.98 Å². The van der Waals surface area contributed by atoms with Crippen LogP contribution in [0.4, 0.5) is 31.0 Å². The minimum atomic E-state index is -0.832. The van der Waals surface area contributed by atoms with Crippen LogP contribution < -0.4 is 15.5 Å². The molecule has 2 aliphatic rings. The third kappa shape index (κ3) is 4.68. The Morgan fingerprint density at radius 2 is 1.94 bits per heavy atom. The number of para-hydroxylation sites is 1. The van der Waals surface area contributed by atoms with Crippen LogP contribution in [0.25, 0.3) is 5.57 Å². The Bertz CT molecular complexity index is 1070. The van der Waals surface area contributed by atoms with Gasteiger partial charge in [-0.05, 0) is 63.9 Å². The summed E-state index contributed by atoms with van der Waals surface area (Å²) in [5.74, 6) is -0.726. The summed E-state index contributed by atoms with van der Waals surface area (Å²) >= 11 is 0. The molecule has 0 saturated heterocycles. The Labute approximate surface area is 192 Å². The smallest absolute Gasteiger partial charge is 0.328 e. The van der Waals surface area contributed by atoms with Crippen LogP contribution in [0.15, 0.2) is 23.8 Å². The van der Waals surface area contributed by atoms with Crippen LogP contribution in [0.5, 0.6) is 0 Å². The van der Waals surface area contributed by atoms with Crippen molar-refractivity contribution in [2.45, 2.75) is 40.2 Å². The van der Waals surface area contributed by atoms with E-state index in [9.17, 15) is 13.6 Å². The van der Waals surface area contributed by atoms with Crippen molar-refractivity contribution >= 4 is 29.1 Å². The van der Waals surface area contributed by atoms with E-state index < -0.39 is 23.4 Å². The molecule has 1 aliphatic heterocycles.